The van der Waals surface area contributed by atoms with Crippen molar-refractivity contribution < 1.29 is 13.2 Å². The van der Waals surface area contributed by atoms with Crippen molar-refractivity contribution in [3.63, 3.8) is 0 Å². The van der Waals surface area contributed by atoms with Crippen LogP contribution in [0.15, 0.2) is 12.4 Å². The Labute approximate surface area is 111 Å². The van der Waals surface area contributed by atoms with Gasteiger partial charge in [0.25, 0.3) is 0 Å². The van der Waals surface area contributed by atoms with E-state index in [4.69, 9.17) is 5.84 Å². The van der Waals surface area contributed by atoms with E-state index < -0.39 is 11.9 Å². The number of nitrogen functional groups attached to an aromatic ring is 1. The van der Waals surface area contributed by atoms with Crippen molar-refractivity contribution in [2.75, 3.05) is 10.7 Å². The lowest BCUT2D eigenvalue weighted by molar-refractivity contribution is -0.141. The molecule has 0 aliphatic heterocycles. The predicted molar refractivity (Wildman–Crippen MR) is 63.2 cm³/mol. The van der Waals surface area contributed by atoms with E-state index in [0.29, 0.717) is 5.82 Å². The zero-order valence-electron chi connectivity index (χ0n) is 10.3. The molecule has 2 rings (SSSR count). The highest BCUT2D eigenvalue weighted by Crippen LogP contribution is 2.29. The quantitative estimate of drug-likeness (QED) is 0.556. The molecule has 0 aliphatic rings. The maximum absolute atomic E-state index is 12.6. The highest BCUT2D eigenvalue weighted by Gasteiger charge is 2.33. The van der Waals surface area contributed by atoms with E-state index in [1.807, 2.05) is 5.43 Å². The Kier molecular flexibility index (Phi) is 3.70. The number of anilines is 2. The molecule has 0 saturated carbocycles. The topological polar surface area (TPSA) is 107 Å². The molecular weight excluding hydrogens is 277 g/mol. The second-order valence-corrected chi connectivity index (χ2v) is 3.82. The minimum Gasteiger partial charge on any atom is -0.363 e. The van der Waals surface area contributed by atoms with Gasteiger partial charge in [-0.15, -0.1) is 10.2 Å². The van der Waals surface area contributed by atoms with Crippen molar-refractivity contribution in [1.82, 2.24) is 24.7 Å². The Morgan fingerprint density at radius 2 is 2.10 bits per heavy atom. The Morgan fingerprint density at radius 3 is 2.65 bits per heavy atom. The molecule has 0 bridgehead atoms. The molecule has 0 radical (unpaired) electrons. The predicted octanol–water partition coefficient (Wildman–Crippen LogP) is 0.522. The first-order valence-corrected chi connectivity index (χ1v) is 5.40. The maximum atomic E-state index is 12.6. The first-order chi connectivity index (χ1) is 9.40. The molecule has 20 heavy (non-hydrogen) atoms. The van der Waals surface area contributed by atoms with Gasteiger partial charge in [0.05, 0.1) is 6.54 Å². The SMILES string of the molecule is Cn1cnnc1CNc1cc(C(F)(F)F)nc(NN)n1. The van der Waals surface area contributed by atoms with Crippen molar-refractivity contribution in [3.05, 3.63) is 23.9 Å². The van der Waals surface area contributed by atoms with E-state index in [0.717, 1.165) is 6.07 Å². The van der Waals surface area contributed by atoms with Crippen molar-refractivity contribution in [2.45, 2.75) is 12.7 Å². The van der Waals surface area contributed by atoms with Crippen molar-refractivity contribution in [2.24, 2.45) is 12.9 Å². The fraction of sp³-hybridized carbons (Fsp3) is 0.333. The fourth-order valence-corrected chi connectivity index (χ4v) is 1.38. The Hall–Kier alpha value is -2.43. The third-order valence-corrected chi connectivity index (χ3v) is 2.38. The second-order valence-electron chi connectivity index (χ2n) is 3.82. The maximum Gasteiger partial charge on any atom is 0.433 e. The number of alkyl halides is 3. The molecule has 11 heteroatoms. The summed E-state index contributed by atoms with van der Waals surface area (Å²) in [4.78, 5) is 7.02. The summed E-state index contributed by atoms with van der Waals surface area (Å²) in [5, 5.41) is 10.1. The number of aryl methyl sites for hydroxylation is 1. The molecule has 0 aromatic carbocycles. The zero-order chi connectivity index (χ0) is 14.8. The molecule has 0 atom stereocenters. The molecule has 2 aromatic heterocycles. The number of halogens is 3. The third-order valence-electron chi connectivity index (χ3n) is 2.38. The highest BCUT2D eigenvalue weighted by molar-refractivity contribution is 5.42. The Morgan fingerprint density at radius 1 is 1.35 bits per heavy atom. The monoisotopic (exact) mass is 288 g/mol. The van der Waals surface area contributed by atoms with Gasteiger partial charge in [-0.3, -0.25) is 5.43 Å². The number of nitrogens with two attached hydrogens (primary N) is 1. The minimum atomic E-state index is -4.59. The lowest BCUT2D eigenvalue weighted by atomic mass is 10.3. The van der Waals surface area contributed by atoms with Crippen molar-refractivity contribution >= 4 is 11.8 Å². The smallest absolute Gasteiger partial charge is 0.363 e. The summed E-state index contributed by atoms with van der Waals surface area (Å²) < 4.78 is 39.6. The number of hydrazine groups is 1. The number of nitrogens with zero attached hydrogens (tertiary/aromatic N) is 5. The largest absolute Gasteiger partial charge is 0.433 e. The summed E-state index contributed by atoms with van der Waals surface area (Å²) in [7, 11) is 1.71. The van der Waals surface area contributed by atoms with Crippen LogP contribution in [0, 0.1) is 0 Å². The second kappa shape index (κ2) is 5.28. The van der Waals surface area contributed by atoms with E-state index in [1.165, 1.54) is 6.33 Å². The van der Waals surface area contributed by atoms with Crippen molar-refractivity contribution in [3.8, 4) is 0 Å². The van der Waals surface area contributed by atoms with Crippen LogP contribution in [0.3, 0.4) is 0 Å². The summed E-state index contributed by atoms with van der Waals surface area (Å²) in [5.74, 6) is 5.23. The number of rotatable bonds is 4. The average molecular weight is 288 g/mol. The van der Waals surface area contributed by atoms with Gasteiger partial charge in [0.1, 0.15) is 12.1 Å². The first-order valence-electron chi connectivity index (χ1n) is 5.40. The summed E-state index contributed by atoms with van der Waals surface area (Å²) in [6.07, 6.45) is -3.11. The molecule has 4 N–H and O–H groups in total. The van der Waals surface area contributed by atoms with Crippen LogP contribution in [0.1, 0.15) is 11.5 Å². The van der Waals surface area contributed by atoms with E-state index in [1.54, 1.807) is 11.6 Å². The zero-order valence-corrected chi connectivity index (χ0v) is 10.3. The van der Waals surface area contributed by atoms with Crippen LogP contribution in [0.4, 0.5) is 24.9 Å². The van der Waals surface area contributed by atoms with Crippen LogP contribution >= 0.6 is 0 Å². The van der Waals surface area contributed by atoms with Crippen LogP contribution < -0.4 is 16.6 Å². The normalized spacial score (nSPS) is 11.4. The van der Waals surface area contributed by atoms with Gasteiger partial charge in [-0.25, -0.2) is 10.8 Å². The van der Waals surface area contributed by atoms with Gasteiger partial charge in [0.15, 0.2) is 11.5 Å². The molecule has 108 valence electrons. The highest BCUT2D eigenvalue weighted by atomic mass is 19.4. The van der Waals surface area contributed by atoms with Gasteiger partial charge in [0.2, 0.25) is 5.95 Å². The molecule has 2 aromatic rings. The van der Waals surface area contributed by atoms with Crippen LogP contribution in [0.5, 0.6) is 0 Å². The van der Waals surface area contributed by atoms with Crippen LogP contribution in [0.25, 0.3) is 0 Å². The standard InChI is InChI=1S/C9H11F3N8/c1-20-4-15-19-7(20)3-14-6-2-5(9(10,11)12)16-8(17-6)18-13/h2,4H,3,13H2,1H3,(H2,14,16,17,18). The average Bonchev–Trinajstić information content (AvgIpc) is 2.80. The molecule has 0 fully saturated rings. The lowest BCUT2D eigenvalue weighted by Gasteiger charge is -2.11. The molecule has 0 spiro atoms. The fourth-order valence-electron chi connectivity index (χ4n) is 1.38. The molecule has 8 nitrogen and oxygen atoms in total. The summed E-state index contributed by atoms with van der Waals surface area (Å²) in [5.41, 5.74) is 0.893. The first kappa shape index (κ1) is 14.0. The van der Waals surface area contributed by atoms with Gasteiger partial charge in [0, 0.05) is 13.1 Å². The summed E-state index contributed by atoms with van der Waals surface area (Å²) in [6.45, 7) is 0.162. The van der Waals surface area contributed by atoms with Gasteiger partial charge >= 0.3 is 6.18 Å². The van der Waals surface area contributed by atoms with Gasteiger partial charge in [-0.05, 0) is 0 Å². The molecule has 0 aliphatic carbocycles. The number of hydrogen-bond donors (Lipinski definition) is 3. The lowest BCUT2D eigenvalue weighted by Crippen LogP contribution is -2.17. The summed E-state index contributed by atoms with van der Waals surface area (Å²) >= 11 is 0. The van der Waals surface area contributed by atoms with Gasteiger partial charge in [-0.1, -0.05) is 0 Å². The van der Waals surface area contributed by atoms with Crippen LogP contribution in [0.2, 0.25) is 0 Å². The number of hydrogen-bond acceptors (Lipinski definition) is 7. The number of nitrogens with one attached hydrogen (secondary N) is 2. The molecule has 0 amide bonds. The molecule has 2 heterocycles. The van der Waals surface area contributed by atoms with E-state index in [2.05, 4.69) is 25.5 Å². The Bertz CT molecular complexity index is 593. The van der Waals surface area contributed by atoms with E-state index in [-0.39, 0.29) is 18.3 Å². The molecule has 0 saturated heterocycles. The van der Waals surface area contributed by atoms with Crippen LogP contribution in [-0.2, 0) is 19.8 Å². The minimum absolute atomic E-state index is 0.0247. The van der Waals surface area contributed by atoms with Gasteiger partial charge in [-0.2, -0.15) is 18.2 Å². The van der Waals surface area contributed by atoms with E-state index >= 15 is 0 Å². The van der Waals surface area contributed by atoms with Gasteiger partial charge < -0.3 is 9.88 Å². The number of aromatic nitrogens is 5. The molecule has 0 unspecified atom stereocenters. The van der Waals surface area contributed by atoms with E-state index in [9.17, 15) is 13.2 Å². The van der Waals surface area contributed by atoms with Crippen molar-refractivity contribution in [1.29, 1.82) is 0 Å². The Balaban J connectivity index is 2.21. The van der Waals surface area contributed by atoms with Crippen LogP contribution in [-0.4, -0.2) is 24.7 Å². The molecular formula is C9H11F3N8. The summed E-state index contributed by atoms with van der Waals surface area (Å²) in [6, 6.07) is 0.789. The third kappa shape index (κ3) is 3.12.